The van der Waals surface area contributed by atoms with E-state index in [-0.39, 0.29) is 18.5 Å². The van der Waals surface area contributed by atoms with E-state index >= 15 is 0 Å². The van der Waals surface area contributed by atoms with Crippen LogP contribution in [0.4, 0.5) is 4.39 Å². The molecule has 1 unspecified atom stereocenters. The normalized spacial score (nSPS) is 17.7. The molecule has 1 saturated carbocycles. The lowest BCUT2D eigenvalue weighted by Gasteiger charge is -2.16. The van der Waals surface area contributed by atoms with Crippen molar-refractivity contribution in [2.75, 3.05) is 13.2 Å². The molecule has 15 heavy (non-hydrogen) atoms. The molecular formula is C12H16FNO. The fraction of sp³-hybridized carbons (Fsp3) is 0.500. The van der Waals surface area contributed by atoms with Crippen molar-refractivity contribution in [3.63, 3.8) is 0 Å². The summed E-state index contributed by atoms with van der Waals surface area (Å²) in [6.45, 7) is 0.928. The van der Waals surface area contributed by atoms with Gasteiger partial charge in [-0.15, -0.1) is 0 Å². The Hall–Kier alpha value is -0.930. The lowest BCUT2D eigenvalue weighted by atomic mass is 10.1. The van der Waals surface area contributed by atoms with Crippen LogP contribution < -0.4 is 5.32 Å². The van der Waals surface area contributed by atoms with Crippen molar-refractivity contribution in [2.45, 2.75) is 18.9 Å². The van der Waals surface area contributed by atoms with E-state index in [0.717, 1.165) is 18.0 Å². The van der Waals surface area contributed by atoms with Gasteiger partial charge in [-0.2, -0.15) is 0 Å². The molecule has 2 nitrogen and oxygen atoms in total. The van der Waals surface area contributed by atoms with Gasteiger partial charge in [0.2, 0.25) is 0 Å². The van der Waals surface area contributed by atoms with Gasteiger partial charge in [0.25, 0.3) is 0 Å². The van der Waals surface area contributed by atoms with Gasteiger partial charge >= 0.3 is 0 Å². The molecule has 3 heteroatoms. The molecule has 1 fully saturated rings. The lowest BCUT2D eigenvalue weighted by molar-refractivity contribution is 0.243. The average Bonchev–Trinajstić information content (AvgIpc) is 3.03. The van der Waals surface area contributed by atoms with Gasteiger partial charge in [0.15, 0.2) is 0 Å². The third-order valence-electron chi connectivity index (χ3n) is 2.78. The van der Waals surface area contributed by atoms with Crippen molar-refractivity contribution in [3.05, 3.63) is 35.6 Å². The summed E-state index contributed by atoms with van der Waals surface area (Å²) in [6.07, 6.45) is 2.54. The van der Waals surface area contributed by atoms with E-state index in [1.54, 1.807) is 6.07 Å². The molecule has 2 N–H and O–H groups in total. The first kappa shape index (κ1) is 10.6. The molecule has 1 atom stereocenters. The Morgan fingerprint density at radius 1 is 1.47 bits per heavy atom. The molecule has 0 saturated heterocycles. The van der Waals surface area contributed by atoms with Crippen LogP contribution >= 0.6 is 0 Å². The van der Waals surface area contributed by atoms with Gasteiger partial charge in [0, 0.05) is 0 Å². The van der Waals surface area contributed by atoms with Crippen LogP contribution in [-0.4, -0.2) is 18.3 Å². The molecule has 0 radical (unpaired) electrons. The maximum absolute atomic E-state index is 13.0. The summed E-state index contributed by atoms with van der Waals surface area (Å²) in [4.78, 5) is 0. The van der Waals surface area contributed by atoms with Gasteiger partial charge in [-0.25, -0.2) is 4.39 Å². The molecule has 0 heterocycles. The van der Waals surface area contributed by atoms with Gasteiger partial charge in [-0.3, -0.25) is 0 Å². The number of aliphatic hydroxyl groups excluding tert-OH is 1. The number of rotatable bonds is 5. The number of benzene rings is 1. The first-order valence-electron chi connectivity index (χ1n) is 5.39. The monoisotopic (exact) mass is 209 g/mol. The Kier molecular flexibility index (Phi) is 3.34. The molecule has 2 rings (SSSR count). The predicted octanol–water partition coefficient (Wildman–Crippen LogP) is 1.86. The maximum Gasteiger partial charge on any atom is 0.123 e. The fourth-order valence-corrected chi connectivity index (χ4v) is 1.64. The highest BCUT2D eigenvalue weighted by atomic mass is 19.1. The summed E-state index contributed by atoms with van der Waals surface area (Å²) < 4.78 is 13.0. The topological polar surface area (TPSA) is 32.3 Å². The first-order valence-corrected chi connectivity index (χ1v) is 5.39. The Bertz CT molecular complexity index is 325. The number of nitrogens with one attached hydrogen (secondary N) is 1. The standard InChI is InChI=1S/C12H16FNO/c13-11-3-1-2-10(6-11)12(8-15)14-7-9-4-5-9/h1-3,6,9,12,14-15H,4-5,7-8H2. The molecule has 1 aliphatic rings. The van der Waals surface area contributed by atoms with Crippen LogP contribution in [0.3, 0.4) is 0 Å². The zero-order valence-corrected chi connectivity index (χ0v) is 8.62. The summed E-state index contributed by atoms with van der Waals surface area (Å²) in [5.74, 6) is 0.506. The molecule has 0 aliphatic heterocycles. The zero-order chi connectivity index (χ0) is 10.7. The maximum atomic E-state index is 13.0. The van der Waals surface area contributed by atoms with Crippen LogP contribution in [-0.2, 0) is 0 Å². The number of hydrogen-bond acceptors (Lipinski definition) is 2. The fourth-order valence-electron chi connectivity index (χ4n) is 1.64. The van der Waals surface area contributed by atoms with Crippen LogP contribution in [0.25, 0.3) is 0 Å². The van der Waals surface area contributed by atoms with Crippen LogP contribution in [0.5, 0.6) is 0 Å². The largest absolute Gasteiger partial charge is 0.394 e. The Balaban J connectivity index is 1.97. The van der Waals surface area contributed by atoms with Gasteiger partial charge in [0.1, 0.15) is 5.82 Å². The van der Waals surface area contributed by atoms with Crippen molar-refractivity contribution < 1.29 is 9.50 Å². The highest BCUT2D eigenvalue weighted by molar-refractivity contribution is 5.20. The molecule has 82 valence electrons. The van der Waals surface area contributed by atoms with Gasteiger partial charge < -0.3 is 10.4 Å². The van der Waals surface area contributed by atoms with Crippen molar-refractivity contribution in [1.82, 2.24) is 5.32 Å². The second-order valence-electron chi connectivity index (χ2n) is 4.14. The quantitative estimate of drug-likeness (QED) is 0.775. The molecule has 0 aromatic heterocycles. The molecular weight excluding hydrogens is 193 g/mol. The van der Waals surface area contributed by atoms with E-state index in [1.807, 2.05) is 6.07 Å². The minimum atomic E-state index is -0.251. The highest BCUT2D eigenvalue weighted by Gasteiger charge is 2.22. The summed E-state index contributed by atoms with van der Waals surface area (Å²) in [5, 5.41) is 12.5. The van der Waals surface area contributed by atoms with E-state index in [4.69, 9.17) is 0 Å². The van der Waals surface area contributed by atoms with E-state index in [0.29, 0.717) is 0 Å². The zero-order valence-electron chi connectivity index (χ0n) is 8.62. The third-order valence-corrected chi connectivity index (χ3v) is 2.78. The Morgan fingerprint density at radius 3 is 2.87 bits per heavy atom. The van der Waals surface area contributed by atoms with Crippen LogP contribution in [0, 0.1) is 11.7 Å². The number of aliphatic hydroxyl groups is 1. The molecule has 1 aromatic carbocycles. The summed E-state index contributed by atoms with van der Waals surface area (Å²) in [5.41, 5.74) is 0.818. The molecule has 0 bridgehead atoms. The minimum absolute atomic E-state index is 0.0101. The molecule has 1 aliphatic carbocycles. The van der Waals surface area contributed by atoms with Crippen LogP contribution in [0.1, 0.15) is 24.4 Å². The van der Waals surface area contributed by atoms with Gasteiger partial charge in [-0.1, -0.05) is 12.1 Å². The second kappa shape index (κ2) is 4.73. The highest BCUT2D eigenvalue weighted by Crippen LogP contribution is 2.28. The second-order valence-corrected chi connectivity index (χ2v) is 4.14. The lowest BCUT2D eigenvalue weighted by Crippen LogP contribution is -2.26. The predicted molar refractivity (Wildman–Crippen MR) is 57.0 cm³/mol. The summed E-state index contributed by atoms with van der Waals surface area (Å²) >= 11 is 0. The van der Waals surface area contributed by atoms with Crippen molar-refractivity contribution >= 4 is 0 Å². The van der Waals surface area contributed by atoms with E-state index < -0.39 is 0 Å². The first-order chi connectivity index (χ1) is 7.29. The van der Waals surface area contributed by atoms with Gasteiger partial charge in [0.05, 0.1) is 12.6 Å². The average molecular weight is 209 g/mol. The van der Waals surface area contributed by atoms with Crippen molar-refractivity contribution in [3.8, 4) is 0 Å². The van der Waals surface area contributed by atoms with E-state index in [9.17, 15) is 9.50 Å². The minimum Gasteiger partial charge on any atom is -0.394 e. The van der Waals surface area contributed by atoms with E-state index in [2.05, 4.69) is 5.32 Å². The SMILES string of the molecule is OCC(NCC1CC1)c1cccc(F)c1. The summed E-state index contributed by atoms with van der Waals surface area (Å²) in [7, 11) is 0. The molecule has 1 aromatic rings. The van der Waals surface area contributed by atoms with Gasteiger partial charge in [-0.05, 0) is 43.0 Å². The van der Waals surface area contributed by atoms with Crippen LogP contribution in [0.2, 0.25) is 0 Å². The third kappa shape index (κ3) is 3.01. The number of hydrogen-bond donors (Lipinski definition) is 2. The number of halogens is 1. The smallest absolute Gasteiger partial charge is 0.123 e. The van der Waals surface area contributed by atoms with Crippen molar-refractivity contribution in [1.29, 1.82) is 0 Å². The molecule has 0 amide bonds. The summed E-state index contributed by atoms with van der Waals surface area (Å²) in [6, 6.07) is 6.26. The van der Waals surface area contributed by atoms with Crippen LogP contribution in [0.15, 0.2) is 24.3 Å². The molecule has 0 spiro atoms. The van der Waals surface area contributed by atoms with Crippen molar-refractivity contribution in [2.24, 2.45) is 5.92 Å². The Morgan fingerprint density at radius 2 is 2.27 bits per heavy atom. The Labute approximate surface area is 89.1 Å². The van der Waals surface area contributed by atoms with E-state index in [1.165, 1.54) is 25.0 Å².